The van der Waals surface area contributed by atoms with Crippen LogP contribution in [0.3, 0.4) is 0 Å². The zero-order chi connectivity index (χ0) is 13.7. The Kier molecular flexibility index (Phi) is 4.93. The number of aromatic nitrogens is 2. The van der Waals surface area contributed by atoms with E-state index >= 15 is 0 Å². The number of thiophene rings is 1. The number of ether oxygens (including phenoxy) is 2. The van der Waals surface area contributed by atoms with Crippen molar-refractivity contribution < 1.29 is 9.47 Å². The molecule has 104 valence electrons. The summed E-state index contributed by atoms with van der Waals surface area (Å²) in [6, 6.07) is 1.98. The summed E-state index contributed by atoms with van der Waals surface area (Å²) < 4.78 is 11.2. The van der Waals surface area contributed by atoms with Gasteiger partial charge < -0.3 is 14.8 Å². The van der Waals surface area contributed by atoms with Crippen molar-refractivity contribution in [2.24, 2.45) is 0 Å². The topological polar surface area (TPSA) is 56.3 Å². The molecule has 5 nitrogen and oxygen atoms in total. The van der Waals surface area contributed by atoms with Crippen LogP contribution in [-0.2, 0) is 4.74 Å². The van der Waals surface area contributed by atoms with Crippen molar-refractivity contribution in [3.63, 3.8) is 0 Å². The maximum atomic E-state index is 5.71. The standard InChI is InChI=1S/C13H19N3O2S/c1-4-14-13-15-11(18-7-6-17-9(2)3)10-5-8-19-12(10)16-13/h5,8-9H,4,6-7H2,1-3H3,(H,14,15,16). The third-order valence-corrected chi connectivity index (χ3v) is 3.20. The highest BCUT2D eigenvalue weighted by Crippen LogP contribution is 2.28. The molecule has 0 saturated heterocycles. The van der Waals surface area contributed by atoms with E-state index < -0.39 is 0 Å². The first-order valence-corrected chi connectivity index (χ1v) is 7.32. The van der Waals surface area contributed by atoms with Crippen LogP contribution in [0.5, 0.6) is 5.88 Å². The van der Waals surface area contributed by atoms with E-state index in [0.717, 1.165) is 16.8 Å². The van der Waals surface area contributed by atoms with Crippen LogP contribution < -0.4 is 10.1 Å². The molecule has 2 heterocycles. The summed E-state index contributed by atoms with van der Waals surface area (Å²) in [7, 11) is 0. The molecule has 0 spiro atoms. The smallest absolute Gasteiger partial charge is 0.227 e. The Balaban J connectivity index is 2.09. The highest BCUT2D eigenvalue weighted by Gasteiger charge is 2.09. The van der Waals surface area contributed by atoms with Crippen molar-refractivity contribution in [2.45, 2.75) is 26.9 Å². The van der Waals surface area contributed by atoms with E-state index in [1.807, 2.05) is 32.2 Å². The Bertz CT molecular complexity index is 528. The molecular weight excluding hydrogens is 262 g/mol. The van der Waals surface area contributed by atoms with Crippen molar-refractivity contribution in [2.75, 3.05) is 25.1 Å². The molecular formula is C13H19N3O2S. The van der Waals surface area contributed by atoms with Crippen molar-refractivity contribution in [3.8, 4) is 5.88 Å². The number of nitrogens with zero attached hydrogens (tertiary/aromatic N) is 2. The van der Waals surface area contributed by atoms with Gasteiger partial charge in [-0.15, -0.1) is 11.3 Å². The van der Waals surface area contributed by atoms with Gasteiger partial charge in [-0.1, -0.05) is 0 Å². The molecule has 0 aliphatic rings. The lowest BCUT2D eigenvalue weighted by Crippen LogP contribution is -2.12. The molecule has 2 aromatic heterocycles. The summed E-state index contributed by atoms with van der Waals surface area (Å²) in [5, 5.41) is 6.06. The highest BCUT2D eigenvalue weighted by atomic mass is 32.1. The summed E-state index contributed by atoms with van der Waals surface area (Å²) in [6.45, 7) is 7.86. The summed E-state index contributed by atoms with van der Waals surface area (Å²) in [5.41, 5.74) is 0. The second kappa shape index (κ2) is 6.68. The van der Waals surface area contributed by atoms with Crippen molar-refractivity contribution in [3.05, 3.63) is 11.4 Å². The molecule has 2 aromatic rings. The van der Waals surface area contributed by atoms with Crippen molar-refractivity contribution in [1.29, 1.82) is 0 Å². The van der Waals surface area contributed by atoms with E-state index in [4.69, 9.17) is 9.47 Å². The molecule has 0 unspecified atom stereocenters. The average molecular weight is 281 g/mol. The normalized spacial score (nSPS) is 11.2. The van der Waals surface area contributed by atoms with E-state index in [9.17, 15) is 0 Å². The average Bonchev–Trinajstić information content (AvgIpc) is 2.83. The molecule has 0 saturated carbocycles. The third kappa shape index (κ3) is 3.78. The SMILES string of the molecule is CCNc1nc(OCCOC(C)C)c2ccsc2n1. The Morgan fingerprint density at radius 3 is 2.89 bits per heavy atom. The largest absolute Gasteiger partial charge is 0.475 e. The van der Waals surface area contributed by atoms with Crippen LogP contribution in [0, 0.1) is 0 Å². The van der Waals surface area contributed by atoms with E-state index in [2.05, 4.69) is 15.3 Å². The van der Waals surface area contributed by atoms with Gasteiger partial charge in [-0.2, -0.15) is 4.98 Å². The van der Waals surface area contributed by atoms with Crippen molar-refractivity contribution in [1.82, 2.24) is 9.97 Å². The number of anilines is 1. The fourth-order valence-electron chi connectivity index (χ4n) is 1.60. The number of nitrogens with one attached hydrogen (secondary N) is 1. The second-order valence-corrected chi connectivity index (χ2v) is 5.18. The van der Waals surface area contributed by atoms with E-state index in [0.29, 0.717) is 25.0 Å². The first-order valence-electron chi connectivity index (χ1n) is 6.44. The molecule has 19 heavy (non-hydrogen) atoms. The fourth-order valence-corrected chi connectivity index (χ4v) is 2.35. The molecule has 0 radical (unpaired) electrons. The minimum Gasteiger partial charge on any atom is -0.475 e. The van der Waals surface area contributed by atoms with Gasteiger partial charge in [0.2, 0.25) is 11.8 Å². The van der Waals surface area contributed by atoms with Gasteiger partial charge in [0, 0.05) is 6.54 Å². The van der Waals surface area contributed by atoms with Gasteiger partial charge >= 0.3 is 0 Å². The Morgan fingerprint density at radius 1 is 1.32 bits per heavy atom. The quantitative estimate of drug-likeness (QED) is 0.791. The Labute approximate surface area is 117 Å². The van der Waals surface area contributed by atoms with E-state index in [1.165, 1.54) is 0 Å². The predicted octanol–water partition coefficient (Wildman–Crippen LogP) is 2.93. The first-order chi connectivity index (χ1) is 9.20. The number of hydrogen-bond acceptors (Lipinski definition) is 6. The van der Waals surface area contributed by atoms with Gasteiger partial charge in [0.05, 0.1) is 18.1 Å². The zero-order valence-corrected chi connectivity index (χ0v) is 12.3. The predicted molar refractivity (Wildman–Crippen MR) is 78.2 cm³/mol. The van der Waals surface area contributed by atoms with Gasteiger partial charge in [-0.3, -0.25) is 0 Å². The zero-order valence-electron chi connectivity index (χ0n) is 11.5. The molecule has 0 aliphatic heterocycles. The first kappa shape index (κ1) is 14.0. The number of hydrogen-bond donors (Lipinski definition) is 1. The van der Waals surface area contributed by atoms with Gasteiger partial charge in [-0.25, -0.2) is 4.98 Å². The lowest BCUT2D eigenvalue weighted by molar-refractivity contribution is 0.0546. The molecule has 0 amide bonds. The van der Waals surface area contributed by atoms with Crippen LogP contribution >= 0.6 is 11.3 Å². The van der Waals surface area contributed by atoms with Crippen LogP contribution in [0.2, 0.25) is 0 Å². The maximum Gasteiger partial charge on any atom is 0.227 e. The Hall–Kier alpha value is -1.40. The van der Waals surface area contributed by atoms with E-state index in [-0.39, 0.29) is 6.10 Å². The van der Waals surface area contributed by atoms with Crippen LogP contribution in [0.4, 0.5) is 5.95 Å². The maximum absolute atomic E-state index is 5.71. The second-order valence-electron chi connectivity index (χ2n) is 4.29. The van der Waals surface area contributed by atoms with E-state index in [1.54, 1.807) is 11.3 Å². The van der Waals surface area contributed by atoms with Crippen LogP contribution in [0.15, 0.2) is 11.4 Å². The molecule has 0 fully saturated rings. The lowest BCUT2D eigenvalue weighted by atomic mass is 10.4. The summed E-state index contributed by atoms with van der Waals surface area (Å²) in [5.74, 6) is 1.23. The monoisotopic (exact) mass is 281 g/mol. The van der Waals surface area contributed by atoms with Gasteiger partial charge in [0.1, 0.15) is 11.4 Å². The van der Waals surface area contributed by atoms with Crippen LogP contribution in [0.1, 0.15) is 20.8 Å². The van der Waals surface area contributed by atoms with Gasteiger partial charge in [-0.05, 0) is 32.2 Å². The minimum atomic E-state index is 0.215. The molecule has 1 N–H and O–H groups in total. The number of fused-ring (bicyclic) bond motifs is 1. The summed E-state index contributed by atoms with van der Waals surface area (Å²) >= 11 is 1.58. The molecule has 6 heteroatoms. The third-order valence-electron chi connectivity index (χ3n) is 2.40. The number of rotatable bonds is 7. The highest BCUT2D eigenvalue weighted by molar-refractivity contribution is 7.16. The van der Waals surface area contributed by atoms with Gasteiger partial charge in [0.25, 0.3) is 0 Å². The minimum absolute atomic E-state index is 0.215. The molecule has 0 atom stereocenters. The van der Waals surface area contributed by atoms with Crippen molar-refractivity contribution >= 4 is 27.5 Å². The summed E-state index contributed by atoms with van der Waals surface area (Å²) in [4.78, 5) is 9.75. The lowest BCUT2D eigenvalue weighted by Gasteiger charge is -2.10. The fraction of sp³-hybridized carbons (Fsp3) is 0.538. The molecule has 2 rings (SSSR count). The van der Waals surface area contributed by atoms with Crippen LogP contribution in [0.25, 0.3) is 10.2 Å². The molecule has 0 aromatic carbocycles. The molecule has 0 bridgehead atoms. The van der Waals surface area contributed by atoms with Gasteiger partial charge in [0.15, 0.2) is 0 Å². The Morgan fingerprint density at radius 2 is 2.16 bits per heavy atom. The molecule has 0 aliphatic carbocycles. The summed E-state index contributed by atoms with van der Waals surface area (Å²) in [6.07, 6.45) is 0.215. The van der Waals surface area contributed by atoms with Crippen LogP contribution in [-0.4, -0.2) is 35.8 Å².